The van der Waals surface area contributed by atoms with Crippen LogP contribution >= 0.6 is 10.7 Å². The molecular weight excluding hydrogens is 262 g/mol. The minimum atomic E-state index is -3.79. The quantitative estimate of drug-likeness (QED) is 0.793. The van der Waals surface area contributed by atoms with E-state index in [2.05, 4.69) is 4.98 Å². The topological polar surface area (TPSA) is 56.3 Å². The van der Waals surface area contributed by atoms with Gasteiger partial charge in [-0.2, -0.15) is 0 Å². The molecule has 1 aliphatic carbocycles. The number of aromatic nitrogens is 1. The van der Waals surface area contributed by atoms with E-state index in [-0.39, 0.29) is 10.8 Å². The smallest absolute Gasteiger partial charge is 0.266 e. The van der Waals surface area contributed by atoms with Gasteiger partial charge in [0.2, 0.25) is 5.88 Å². The van der Waals surface area contributed by atoms with Gasteiger partial charge in [0.05, 0.1) is 6.61 Å². The van der Waals surface area contributed by atoms with E-state index < -0.39 is 9.05 Å². The first kappa shape index (κ1) is 12.6. The lowest BCUT2D eigenvalue weighted by atomic mass is 10.1. The molecule has 1 heterocycles. The minimum absolute atomic E-state index is 0.0559. The SMILES string of the molecule is O=S(=O)(Cl)c1cccnc1OCC1CCCC1. The molecule has 6 heteroatoms. The van der Waals surface area contributed by atoms with Crippen molar-refractivity contribution in [1.29, 1.82) is 0 Å². The second-order valence-corrected chi connectivity index (χ2v) is 6.74. The van der Waals surface area contributed by atoms with Crippen molar-refractivity contribution in [2.75, 3.05) is 6.61 Å². The Labute approximate surface area is 105 Å². The molecule has 0 aliphatic heterocycles. The van der Waals surface area contributed by atoms with Gasteiger partial charge in [-0.1, -0.05) is 12.8 Å². The zero-order chi connectivity index (χ0) is 12.3. The van der Waals surface area contributed by atoms with Gasteiger partial charge in [-0.3, -0.25) is 0 Å². The van der Waals surface area contributed by atoms with Crippen LogP contribution in [-0.2, 0) is 9.05 Å². The second-order valence-electron chi connectivity index (χ2n) is 4.21. The fourth-order valence-electron chi connectivity index (χ4n) is 2.04. The number of hydrogen-bond donors (Lipinski definition) is 0. The third-order valence-electron chi connectivity index (χ3n) is 2.93. The molecule has 1 fully saturated rings. The zero-order valence-corrected chi connectivity index (χ0v) is 10.9. The molecule has 0 aromatic carbocycles. The van der Waals surface area contributed by atoms with Crippen molar-refractivity contribution in [2.45, 2.75) is 30.6 Å². The van der Waals surface area contributed by atoms with Crippen LogP contribution in [0.4, 0.5) is 0 Å². The van der Waals surface area contributed by atoms with Gasteiger partial charge in [0.25, 0.3) is 9.05 Å². The maximum atomic E-state index is 11.3. The highest BCUT2D eigenvalue weighted by Gasteiger charge is 2.20. The van der Waals surface area contributed by atoms with Crippen molar-refractivity contribution in [3.05, 3.63) is 18.3 Å². The summed E-state index contributed by atoms with van der Waals surface area (Å²) < 4.78 is 28.1. The van der Waals surface area contributed by atoms with Crippen molar-refractivity contribution in [1.82, 2.24) is 4.98 Å². The van der Waals surface area contributed by atoms with Crippen LogP contribution in [0.2, 0.25) is 0 Å². The molecule has 94 valence electrons. The summed E-state index contributed by atoms with van der Waals surface area (Å²) in [4.78, 5) is 3.86. The molecule has 2 rings (SSSR count). The van der Waals surface area contributed by atoms with Crippen LogP contribution in [0.5, 0.6) is 5.88 Å². The van der Waals surface area contributed by atoms with E-state index in [4.69, 9.17) is 15.4 Å². The molecular formula is C11H14ClNO3S. The first-order valence-electron chi connectivity index (χ1n) is 5.60. The third-order valence-corrected chi connectivity index (χ3v) is 4.26. The Balaban J connectivity index is 2.09. The maximum Gasteiger partial charge on any atom is 0.266 e. The summed E-state index contributed by atoms with van der Waals surface area (Å²) in [6, 6.07) is 2.93. The number of ether oxygens (including phenoxy) is 1. The van der Waals surface area contributed by atoms with E-state index in [1.54, 1.807) is 0 Å². The van der Waals surface area contributed by atoms with Crippen LogP contribution in [0.3, 0.4) is 0 Å². The first-order chi connectivity index (χ1) is 8.07. The normalized spacial score (nSPS) is 17.2. The zero-order valence-electron chi connectivity index (χ0n) is 9.30. The molecule has 0 radical (unpaired) electrons. The van der Waals surface area contributed by atoms with Gasteiger partial charge in [-0.05, 0) is 30.9 Å². The maximum absolute atomic E-state index is 11.3. The van der Waals surface area contributed by atoms with Crippen LogP contribution in [0.25, 0.3) is 0 Å². The highest BCUT2D eigenvalue weighted by Crippen LogP contribution is 2.28. The summed E-state index contributed by atoms with van der Waals surface area (Å²) in [5, 5.41) is 0. The van der Waals surface area contributed by atoms with Crippen LogP contribution in [-0.4, -0.2) is 20.0 Å². The largest absolute Gasteiger partial charge is 0.476 e. The van der Waals surface area contributed by atoms with Gasteiger partial charge >= 0.3 is 0 Å². The van der Waals surface area contributed by atoms with Crippen molar-refractivity contribution < 1.29 is 13.2 Å². The molecule has 1 aliphatic rings. The summed E-state index contributed by atoms with van der Waals surface area (Å²) in [5.74, 6) is 0.609. The van der Waals surface area contributed by atoms with Crippen LogP contribution in [0, 0.1) is 5.92 Å². The second kappa shape index (κ2) is 5.23. The van der Waals surface area contributed by atoms with Crippen LogP contribution in [0.15, 0.2) is 23.2 Å². The van der Waals surface area contributed by atoms with Crippen molar-refractivity contribution in [3.8, 4) is 5.88 Å². The molecule has 0 bridgehead atoms. The van der Waals surface area contributed by atoms with Gasteiger partial charge < -0.3 is 4.74 Å². The molecule has 0 saturated heterocycles. The van der Waals surface area contributed by atoms with Gasteiger partial charge in [0.1, 0.15) is 4.90 Å². The number of rotatable bonds is 4. The van der Waals surface area contributed by atoms with Crippen molar-refractivity contribution in [3.63, 3.8) is 0 Å². The Kier molecular flexibility index (Phi) is 3.89. The molecule has 0 spiro atoms. The summed E-state index contributed by atoms with van der Waals surface area (Å²) in [6.07, 6.45) is 6.20. The fourth-order valence-corrected chi connectivity index (χ4v) is 2.96. The van der Waals surface area contributed by atoms with Gasteiger partial charge in [0.15, 0.2) is 0 Å². The lowest BCUT2D eigenvalue weighted by Gasteiger charge is -2.11. The number of nitrogens with zero attached hydrogens (tertiary/aromatic N) is 1. The molecule has 0 unspecified atom stereocenters. The molecule has 0 atom stereocenters. The average Bonchev–Trinajstić information content (AvgIpc) is 2.78. The Morgan fingerprint density at radius 1 is 1.41 bits per heavy atom. The molecule has 1 aromatic heterocycles. The third kappa shape index (κ3) is 3.33. The Morgan fingerprint density at radius 3 is 2.76 bits per heavy atom. The standard InChI is InChI=1S/C11H14ClNO3S/c12-17(14,15)10-6-3-7-13-11(10)16-8-9-4-1-2-5-9/h3,6-7,9H,1-2,4-5,8H2. The predicted molar refractivity (Wildman–Crippen MR) is 64.7 cm³/mol. The minimum Gasteiger partial charge on any atom is -0.476 e. The predicted octanol–water partition coefficient (Wildman–Crippen LogP) is 2.58. The van der Waals surface area contributed by atoms with E-state index in [9.17, 15) is 8.42 Å². The number of halogens is 1. The molecule has 17 heavy (non-hydrogen) atoms. The molecule has 0 amide bonds. The van der Waals surface area contributed by atoms with Gasteiger partial charge in [-0.15, -0.1) is 0 Å². The Hall–Kier alpha value is -0.810. The summed E-state index contributed by atoms with van der Waals surface area (Å²) in [6.45, 7) is 0.510. The fraction of sp³-hybridized carbons (Fsp3) is 0.545. The highest BCUT2D eigenvalue weighted by atomic mass is 35.7. The van der Waals surface area contributed by atoms with E-state index in [0.717, 1.165) is 12.8 Å². The van der Waals surface area contributed by atoms with E-state index >= 15 is 0 Å². The lowest BCUT2D eigenvalue weighted by molar-refractivity contribution is 0.237. The molecule has 1 saturated carbocycles. The molecule has 1 aromatic rings. The van der Waals surface area contributed by atoms with E-state index in [1.807, 2.05) is 0 Å². The number of hydrogen-bond acceptors (Lipinski definition) is 4. The van der Waals surface area contributed by atoms with Crippen molar-refractivity contribution in [2.24, 2.45) is 5.92 Å². The van der Waals surface area contributed by atoms with Crippen molar-refractivity contribution >= 4 is 19.7 Å². The average molecular weight is 276 g/mol. The monoisotopic (exact) mass is 275 g/mol. The lowest BCUT2D eigenvalue weighted by Crippen LogP contribution is -2.10. The van der Waals surface area contributed by atoms with E-state index in [1.165, 1.54) is 31.2 Å². The Bertz CT molecular complexity index is 483. The van der Waals surface area contributed by atoms with E-state index in [0.29, 0.717) is 12.5 Å². The van der Waals surface area contributed by atoms with Crippen LogP contribution < -0.4 is 4.74 Å². The van der Waals surface area contributed by atoms with Gasteiger partial charge in [-0.25, -0.2) is 13.4 Å². The highest BCUT2D eigenvalue weighted by molar-refractivity contribution is 8.13. The summed E-state index contributed by atoms with van der Waals surface area (Å²) >= 11 is 0. The first-order valence-corrected chi connectivity index (χ1v) is 7.91. The Morgan fingerprint density at radius 2 is 2.12 bits per heavy atom. The number of pyridine rings is 1. The van der Waals surface area contributed by atoms with Gasteiger partial charge in [0, 0.05) is 16.9 Å². The van der Waals surface area contributed by atoms with Crippen LogP contribution in [0.1, 0.15) is 25.7 Å². The summed E-state index contributed by atoms with van der Waals surface area (Å²) in [7, 11) is 1.52. The molecule has 0 N–H and O–H groups in total. The summed E-state index contributed by atoms with van der Waals surface area (Å²) in [5.41, 5.74) is 0. The molecule has 4 nitrogen and oxygen atoms in total.